The first kappa shape index (κ1) is 17.6. The Balaban J connectivity index is 2.11. The van der Waals surface area contributed by atoms with E-state index in [1.165, 1.54) is 19.2 Å². The number of hydrogen-bond acceptors (Lipinski definition) is 4. The summed E-state index contributed by atoms with van der Waals surface area (Å²) in [6.45, 7) is 1.68. The fraction of sp³-hybridized carbons (Fsp3) is 0.176. The molecule has 24 heavy (non-hydrogen) atoms. The van der Waals surface area contributed by atoms with Gasteiger partial charge in [-0.25, -0.2) is 4.79 Å². The van der Waals surface area contributed by atoms with Gasteiger partial charge in [-0.1, -0.05) is 23.7 Å². The lowest BCUT2D eigenvalue weighted by Gasteiger charge is -2.13. The number of amides is 1. The number of carbonyl (C=O) groups is 2. The summed E-state index contributed by atoms with van der Waals surface area (Å²) >= 11 is 5.98. The summed E-state index contributed by atoms with van der Waals surface area (Å²) in [5, 5.41) is 11.7. The molecule has 2 N–H and O–H groups in total. The average Bonchev–Trinajstić information content (AvgIpc) is 2.52. The van der Waals surface area contributed by atoms with Gasteiger partial charge in [0.2, 0.25) is 0 Å². The van der Waals surface area contributed by atoms with Crippen molar-refractivity contribution in [3.05, 3.63) is 52.5 Å². The van der Waals surface area contributed by atoms with Crippen LogP contribution in [0.3, 0.4) is 0 Å². The number of hydrogen-bond donors (Lipinski definition) is 2. The van der Waals surface area contributed by atoms with Crippen LogP contribution in [0.2, 0.25) is 5.02 Å². The van der Waals surface area contributed by atoms with Gasteiger partial charge >= 0.3 is 5.97 Å². The lowest BCUT2D eigenvalue weighted by molar-refractivity contribution is -0.118. The molecule has 0 aliphatic rings. The van der Waals surface area contributed by atoms with Crippen LogP contribution < -0.4 is 14.8 Å². The van der Waals surface area contributed by atoms with Crippen molar-refractivity contribution in [2.45, 2.75) is 6.92 Å². The zero-order chi connectivity index (χ0) is 17.7. The van der Waals surface area contributed by atoms with Crippen LogP contribution in [-0.2, 0) is 4.79 Å². The predicted octanol–water partition coefficient (Wildman–Crippen LogP) is 3.37. The summed E-state index contributed by atoms with van der Waals surface area (Å²) in [5.74, 6) is -0.875. The zero-order valence-corrected chi connectivity index (χ0v) is 13.9. The van der Waals surface area contributed by atoms with Gasteiger partial charge in [0.25, 0.3) is 5.91 Å². The number of carbonyl (C=O) groups excluding carboxylic acids is 1. The van der Waals surface area contributed by atoms with Gasteiger partial charge in [0.15, 0.2) is 12.4 Å². The monoisotopic (exact) mass is 349 g/mol. The van der Waals surface area contributed by atoms with Crippen molar-refractivity contribution in [1.82, 2.24) is 0 Å². The minimum atomic E-state index is -1.16. The molecule has 0 heterocycles. The number of nitrogens with one attached hydrogen (secondary N) is 1. The predicted molar refractivity (Wildman–Crippen MR) is 90.3 cm³/mol. The van der Waals surface area contributed by atoms with E-state index in [4.69, 9.17) is 26.2 Å². The SMILES string of the molecule is COc1c(Cl)cc(C(=O)O)cc1NC(=O)COc1cccc(C)c1. The number of carboxylic acid groups (broad SMARTS) is 1. The zero-order valence-electron chi connectivity index (χ0n) is 13.1. The quantitative estimate of drug-likeness (QED) is 0.835. The second-order valence-corrected chi connectivity index (χ2v) is 5.40. The van der Waals surface area contributed by atoms with Gasteiger partial charge < -0.3 is 19.9 Å². The minimum Gasteiger partial charge on any atom is -0.493 e. The molecule has 0 saturated heterocycles. The van der Waals surface area contributed by atoms with Gasteiger partial charge in [0.05, 0.1) is 23.4 Å². The molecular weight excluding hydrogens is 334 g/mol. The number of rotatable bonds is 6. The van der Waals surface area contributed by atoms with Crippen molar-refractivity contribution < 1.29 is 24.2 Å². The highest BCUT2D eigenvalue weighted by atomic mass is 35.5. The first-order valence-electron chi connectivity index (χ1n) is 7.01. The molecule has 7 heteroatoms. The molecule has 2 aromatic carbocycles. The molecular formula is C17H16ClNO5. The molecule has 1 amide bonds. The molecule has 2 rings (SSSR count). The molecule has 0 aliphatic heterocycles. The Labute approximate surface area is 144 Å². The van der Waals surface area contributed by atoms with E-state index in [1.54, 1.807) is 12.1 Å². The summed E-state index contributed by atoms with van der Waals surface area (Å²) in [6, 6.07) is 9.80. The summed E-state index contributed by atoms with van der Waals surface area (Å²) < 4.78 is 10.5. The second kappa shape index (κ2) is 7.70. The highest BCUT2D eigenvalue weighted by Crippen LogP contribution is 2.34. The van der Waals surface area contributed by atoms with E-state index < -0.39 is 11.9 Å². The largest absolute Gasteiger partial charge is 0.493 e. The van der Waals surface area contributed by atoms with Crippen LogP contribution in [0.25, 0.3) is 0 Å². The van der Waals surface area contributed by atoms with Crippen LogP contribution in [-0.4, -0.2) is 30.7 Å². The molecule has 0 radical (unpaired) electrons. The topological polar surface area (TPSA) is 84.9 Å². The molecule has 0 unspecified atom stereocenters. The smallest absolute Gasteiger partial charge is 0.335 e. The normalized spacial score (nSPS) is 10.1. The van der Waals surface area contributed by atoms with Crippen LogP contribution in [0.1, 0.15) is 15.9 Å². The van der Waals surface area contributed by atoms with Crippen molar-refractivity contribution in [3.63, 3.8) is 0 Å². The van der Waals surface area contributed by atoms with Gasteiger partial charge in [0, 0.05) is 0 Å². The number of aryl methyl sites for hydroxylation is 1. The Morgan fingerprint density at radius 3 is 2.62 bits per heavy atom. The first-order valence-corrected chi connectivity index (χ1v) is 7.38. The molecule has 0 spiro atoms. The van der Waals surface area contributed by atoms with Crippen LogP contribution in [0.15, 0.2) is 36.4 Å². The molecule has 2 aromatic rings. The summed E-state index contributed by atoms with van der Waals surface area (Å²) in [4.78, 5) is 23.1. The molecule has 126 valence electrons. The van der Waals surface area contributed by atoms with Gasteiger partial charge in [-0.2, -0.15) is 0 Å². The fourth-order valence-corrected chi connectivity index (χ4v) is 2.35. The standard InChI is InChI=1S/C17H16ClNO5/c1-10-4-3-5-12(6-10)24-9-15(20)19-14-8-11(17(21)22)7-13(18)16(14)23-2/h3-8H,9H2,1-2H3,(H,19,20)(H,21,22). The summed E-state index contributed by atoms with van der Waals surface area (Å²) in [6.07, 6.45) is 0. The van der Waals surface area contributed by atoms with Crippen LogP contribution in [0.4, 0.5) is 5.69 Å². The first-order chi connectivity index (χ1) is 11.4. The molecule has 0 bridgehead atoms. The number of carboxylic acids is 1. The van der Waals surface area contributed by atoms with Gasteiger partial charge in [-0.15, -0.1) is 0 Å². The third kappa shape index (κ3) is 4.39. The average molecular weight is 350 g/mol. The van der Waals surface area contributed by atoms with E-state index in [-0.39, 0.29) is 28.6 Å². The van der Waals surface area contributed by atoms with Gasteiger partial charge in [-0.3, -0.25) is 4.79 Å². The molecule has 0 aromatic heterocycles. The van der Waals surface area contributed by atoms with Crippen LogP contribution in [0.5, 0.6) is 11.5 Å². The molecule has 0 saturated carbocycles. The molecule has 0 aliphatic carbocycles. The molecule has 0 fully saturated rings. The van der Waals surface area contributed by atoms with E-state index in [0.29, 0.717) is 5.75 Å². The van der Waals surface area contributed by atoms with Crippen molar-refractivity contribution in [2.75, 3.05) is 19.0 Å². The number of benzene rings is 2. The third-order valence-corrected chi connectivity index (χ3v) is 3.41. The highest BCUT2D eigenvalue weighted by Gasteiger charge is 2.16. The van der Waals surface area contributed by atoms with Gasteiger partial charge in [-0.05, 0) is 36.8 Å². The number of aromatic carboxylic acids is 1. The Morgan fingerprint density at radius 2 is 2.00 bits per heavy atom. The summed E-state index contributed by atoms with van der Waals surface area (Å²) in [7, 11) is 1.38. The lowest BCUT2D eigenvalue weighted by atomic mass is 10.2. The van der Waals surface area contributed by atoms with E-state index in [9.17, 15) is 9.59 Å². The van der Waals surface area contributed by atoms with Gasteiger partial charge in [0.1, 0.15) is 5.75 Å². The van der Waals surface area contributed by atoms with Crippen LogP contribution in [0, 0.1) is 6.92 Å². The van der Waals surface area contributed by atoms with E-state index >= 15 is 0 Å². The van der Waals surface area contributed by atoms with E-state index in [0.717, 1.165) is 5.56 Å². The van der Waals surface area contributed by atoms with Crippen molar-refractivity contribution in [1.29, 1.82) is 0 Å². The Morgan fingerprint density at radius 1 is 1.25 bits per heavy atom. The van der Waals surface area contributed by atoms with E-state index in [2.05, 4.69) is 5.32 Å². The van der Waals surface area contributed by atoms with Crippen molar-refractivity contribution >= 4 is 29.2 Å². The van der Waals surface area contributed by atoms with Crippen LogP contribution >= 0.6 is 11.6 Å². The molecule has 0 atom stereocenters. The Bertz CT molecular complexity index is 776. The fourth-order valence-electron chi connectivity index (χ4n) is 2.06. The Hall–Kier alpha value is -2.73. The number of ether oxygens (including phenoxy) is 2. The maximum absolute atomic E-state index is 12.0. The maximum Gasteiger partial charge on any atom is 0.335 e. The third-order valence-electron chi connectivity index (χ3n) is 3.13. The lowest BCUT2D eigenvalue weighted by Crippen LogP contribution is -2.21. The maximum atomic E-state index is 12.0. The van der Waals surface area contributed by atoms with E-state index in [1.807, 2.05) is 19.1 Å². The number of anilines is 1. The Kier molecular flexibility index (Phi) is 5.65. The second-order valence-electron chi connectivity index (χ2n) is 5.00. The summed E-state index contributed by atoms with van der Waals surface area (Å²) in [5.41, 5.74) is 1.12. The highest BCUT2D eigenvalue weighted by molar-refractivity contribution is 6.33. The van der Waals surface area contributed by atoms with Crippen molar-refractivity contribution in [2.24, 2.45) is 0 Å². The number of methoxy groups -OCH3 is 1. The minimum absolute atomic E-state index is 0.0595. The number of halogens is 1. The molecule has 6 nitrogen and oxygen atoms in total. The van der Waals surface area contributed by atoms with Crippen molar-refractivity contribution in [3.8, 4) is 11.5 Å².